The van der Waals surface area contributed by atoms with Gasteiger partial charge in [0.1, 0.15) is 6.61 Å². The Morgan fingerprint density at radius 2 is 1.94 bits per heavy atom. The van der Waals surface area contributed by atoms with Gasteiger partial charge in [-0.1, -0.05) is 13.3 Å². The minimum Gasteiger partial charge on any atom is -0.493 e. The standard InChI is InChI=1S/C13H21NO3/c1-3-4-7-16-8-9-17-13-10-11(14)5-6-12(13)15-2/h5-6,10H,3-4,7-9,14H2,1-2H3. The maximum atomic E-state index is 5.69. The normalized spacial score (nSPS) is 10.2. The van der Waals surface area contributed by atoms with Gasteiger partial charge in [0.2, 0.25) is 0 Å². The number of ether oxygens (including phenoxy) is 3. The second kappa shape index (κ2) is 7.79. The molecule has 4 nitrogen and oxygen atoms in total. The lowest BCUT2D eigenvalue weighted by molar-refractivity contribution is 0.0970. The number of methoxy groups -OCH3 is 1. The first-order valence-corrected chi connectivity index (χ1v) is 5.92. The van der Waals surface area contributed by atoms with E-state index in [4.69, 9.17) is 19.9 Å². The number of nitrogens with two attached hydrogens (primary N) is 1. The minimum atomic E-state index is 0.503. The van der Waals surface area contributed by atoms with Gasteiger partial charge in [0, 0.05) is 18.4 Å². The maximum Gasteiger partial charge on any atom is 0.163 e. The van der Waals surface area contributed by atoms with Crippen molar-refractivity contribution in [2.45, 2.75) is 19.8 Å². The summed E-state index contributed by atoms with van der Waals surface area (Å²) in [6.45, 7) is 4.01. The Labute approximate surface area is 103 Å². The van der Waals surface area contributed by atoms with E-state index in [1.807, 2.05) is 0 Å². The van der Waals surface area contributed by atoms with Crippen molar-refractivity contribution in [2.75, 3.05) is 32.7 Å². The molecule has 96 valence electrons. The second-order valence-corrected chi connectivity index (χ2v) is 3.72. The number of nitrogen functional groups attached to an aromatic ring is 1. The van der Waals surface area contributed by atoms with E-state index in [0.29, 0.717) is 30.4 Å². The van der Waals surface area contributed by atoms with Crippen LogP contribution in [0.15, 0.2) is 18.2 Å². The first-order chi connectivity index (χ1) is 8.27. The summed E-state index contributed by atoms with van der Waals surface area (Å²) in [4.78, 5) is 0. The molecular formula is C13H21NO3. The van der Waals surface area contributed by atoms with Crippen LogP contribution in [0.25, 0.3) is 0 Å². The molecule has 0 aromatic heterocycles. The Hall–Kier alpha value is -1.42. The average molecular weight is 239 g/mol. The van der Waals surface area contributed by atoms with Crippen LogP contribution >= 0.6 is 0 Å². The Morgan fingerprint density at radius 3 is 2.65 bits per heavy atom. The molecule has 0 amide bonds. The molecule has 4 heteroatoms. The van der Waals surface area contributed by atoms with Crippen LogP contribution in [0.5, 0.6) is 11.5 Å². The topological polar surface area (TPSA) is 53.7 Å². The van der Waals surface area contributed by atoms with Crippen LogP contribution in [0.2, 0.25) is 0 Å². The van der Waals surface area contributed by atoms with Gasteiger partial charge in [-0.3, -0.25) is 0 Å². The van der Waals surface area contributed by atoms with Crippen LogP contribution in [0.3, 0.4) is 0 Å². The first kappa shape index (κ1) is 13.6. The number of hydrogen-bond donors (Lipinski definition) is 1. The van der Waals surface area contributed by atoms with Crippen molar-refractivity contribution in [3.8, 4) is 11.5 Å². The zero-order valence-corrected chi connectivity index (χ0v) is 10.6. The summed E-state index contributed by atoms with van der Waals surface area (Å²) in [5, 5.41) is 0. The van der Waals surface area contributed by atoms with Crippen LogP contribution in [0.4, 0.5) is 5.69 Å². The van der Waals surface area contributed by atoms with Gasteiger partial charge in [0.05, 0.1) is 13.7 Å². The van der Waals surface area contributed by atoms with Crippen molar-refractivity contribution in [2.24, 2.45) is 0 Å². The van der Waals surface area contributed by atoms with Crippen LogP contribution in [-0.2, 0) is 4.74 Å². The summed E-state index contributed by atoms with van der Waals surface area (Å²) >= 11 is 0. The van der Waals surface area contributed by atoms with Crippen molar-refractivity contribution in [3.05, 3.63) is 18.2 Å². The van der Waals surface area contributed by atoms with Gasteiger partial charge in [0.25, 0.3) is 0 Å². The van der Waals surface area contributed by atoms with Crippen molar-refractivity contribution in [3.63, 3.8) is 0 Å². The molecule has 0 bridgehead atoms. The fourth-order valence-electron chi connectivity index (χ4n) is 1.37. The summed E-state index contributed by atoms with van der Waals surface area (Å²) in [6, 6.07) is 5.33. The van der Waals surface area contributed by atoms with Crippen LogP contribution < -0.4 is 15.2 Å². The molecule has 1 aromatic carbocycles. The highest BCUT2D eigenvalue weighted by atomic mass is 16.5. The third-order valence-electron chi connectivity index (χ3n) is 2.32. The zero-order chi connectivity index (χ0) is 12.5. The molecule has 0 saturated carbocycles. The van der Waals surface area contributed by atoms with Gasteiger partial charge in [0.15, 0.2) is 11.5 Å². The number of unbranched alkanes of at least 4 members (excludes halogenated alkanes) is 1. The molecule has 0 aliphatic heterocycles. The van der Waals surface area contributed by atoms with E-state index in [2.05, 4.69) is 6.92 Å². The van der Waals surface area contributed by atoms with E-state index >= 15 is 0 Å². The van der Waals surface area contributed by atoms with Crippen LogP contribution in [-0.4, -0.2) is 26.9 Å². The summed E-state index contributed by atoms with van der Waals surface area (Å²) in [6.07, 6.45) is 2.23. The highest BCUT2D eigenvalue weighted by molar-refractivity contribution is 5.51. The fourth-order valence-corrected chi connectivity index (χ4v) is 1.37. The summed E-state index contributed by atoms with van der Waals surface area (Å²) in [5.74, 6) is 1.35. The molecule has 0 fully saturated rings. The van der Waals surface area contributed by atoms with E-state index in [0.717, 1.165) is 19.4 Å². The molecule has 0 aliphatic carbocycles. The Bertz CT molecular complexity index is 328. The average Bonchev–Trinajstić information content (AvgIpc) is 2.34. The van der Waals surface area contributed by atoms with Crippen LogP contribution in [0, 0.1) is 0 Å². The third-order valence-corrected chi connectivity index (χ3v) is 2.32. The van der Waals surface area contributed by atoms with Gasteiger partial charge in [-0.2, -0.15) is 0 Å². The third kappa shape index (κ3) is 4.95. The van der Waals surface area contributed by atoms with Gasteiger partial charge in [-0.25, -0.2) is 0 Å². The van der Waals surface area contributed by atoms with Gasteiger partial charge >= 0.3 is 0 Å². The number of anilines is 1. The molecule has 1 rings (SSSR count). The molecule has 0 saturated heterocycles. The molecule has 0 atom stereocenters. The Kier molecular flexibility index (Phi) is 6.25. The summed E-state index contributed by atoms with van der Waals surface area (Å²) < 4.78 is 16.1. The summed E-state index contributed by atoms with van der Waals surface area (Å²) in [7, 11) is 1.61. The molecule has 2 N–H and O–H groups in total. The number of rotatable bonds is 8. The number of benzene rings is 1. The summed E-state index contributed by atoms with van der Waals surface area (Å²) in [5.41, 5.74) is 6.35. The van der Waals surface area contributed by atoms with Crippen molar-refractivity contribution in [1.82, 2.24) is 0 Å². The zero-order valence-electron chi connectivity index (χ0n) is 10.6. The second-order valence-electron chi connectivity index (χ2n) is 3.72. The highest BCUT2D eigenvalue weighted by Crippen LogP contribution is 2.28. The van der Waals surface area contributed by atoms with E-state index in [9.17, 15) is 0 Å². The Balaban J connectivity index is 2.32. The van der Waals surface area contributed by atoms with E-state index in [-0.39, 0.29) is 0 Å². The van der Waals surface area contributed by atoms with Crippen molar-refractivity contribution < 1.29 is 14.2 Å². The van der Waals surface area contributed by atoms with Gasteiger partial charge in [-0.15, -0.1) is 0 Å². The quantitative estimate of drug-likeness (QED) is 0.559. The smallest absolute Gasteiger partial charge is 0.163 e. The van der Waals surface area contributed by atoms with E-state index < -0.39 is 0 Å². The van der Waals surface area contributed by atoms with E-state index in [1.165, 1.54) is 0 Å². The Morgan fingerprint density at radius 1 is 1.12 bits per heavy atom. The lowest BCUT2D eigenvalue weighted by Crippen LogP contribution is -2.08. The molecular weight excluding hydrogens is 218 g/mol. The van der Waals surface area contributed by atoms with Gasteiger partial charge < -0.3 is 19.9 Å². The molecule has 0 spiro atoms. The molecule has 0 heterocycles. The largest absolute Gasteiger partial charge is 0.493 e. The van der Waals surface area contributed by atoms with Crippen molar-refractivity contribution >= 4 is 5.69 Å². The fraction of sp³-hybridized carbons (Fsp3) is 0.538. The highest BCUT2D eigenvalue weighted by Gasteiger charge is 2.04. The number of hydrogen-bond acceptors (Lipinski definition) is 4. The molecule has 1 aromatic rings. The predicted octanol–water partition coefficient (Wildman–Crippen LogP) is 2.47. The molecule has 0 radical (unpaired) electrons. The molecule has 0 aliphatic rings. The SMILES string of the molecule is CCCCOCCOc1cc(N)ccc1OC. The lowest BCUT2D eigenvalue weighted by Gasteiger charge is -2.11. The van der Waals surface area contributed by atoms with E-state index in [1.54, 1.807) is 25.3 Å². The first-order valence-electron chi connectivity index (χ1n) is 5.92. The van der Waals surface area contributed by atoms with Gasteiger partial charge in [-0.05, 0) is 18.6 Å². The maximum absolute atomic E-state index is 5.69. The monoisotopic (exact) mass is 239 g/mol. The minimum absolute atomic E-state index is 0.503. The molecule has 17 heavy (non-hydrogen) atoms. The molecule has 0 unspecified atom stereocenters. The van der Waals surface area contributed by atoms with Crippen LogP contribution in [0.1, 0.15) is 19.8 Å². The predicted molar refractivity (Wildman–Crippen MR) is 68.6 cm³/mol. The van der Waals surface area contributed by atoms with Crippen molar-refractivity contribution in [1.29, 1.82) is 0 Å². The lowest BCUT2D eigenvalue weighted by atomic mass is 10.3.